The SMILES string of the molecule is CC(C)n1cccc1C(=O)NC1CCN(Cc2cccnc2)CC1. The second kappa shape index (κ2) is 7.62. The van der Waals surface area contributed by atoms with Crippen molar-refractivity contribution < 1.29 is 4.79 Å². The molecule has 2 aromatic rings. The highest BCUT2D eigenvalue weighted by molar-refractivity contribution is 5.93. The summed E-state index contributed by atoms with van der Waals surface area (Å²) in [6.07, 6.45) is 7.69. The number of nitrogens with one attached hydrogen (secondary N) is 1. The zero-order valence-electron chi connectivity index (χ0n) is 14.5. The highest BCUT2D eigenvalue weighted by Gasteiger charge is 2.22. The van der Waals surface area contributed by atoms with Gasteiger partial charge in [0.15, 0.2) is 0 Å². The quantitative estimate of drug-likeness (QED) is 0.919. The van der Waals surface area contributed by atoms with E-state index in [0.29, 0.717) is 6.04 Å². The molecule has 5 nitrogen and oxygen atoms in total. The van der Waals surface area contributed by atoms with Gasteiger partial charge in [-0.3, -0.25) is 14.7 Å². The van der Waals surface area contributed by atoms with E-state index in [-0.39, 0.29) is 11.9 Å². The van der Waals surface area contributed by atoms with Gasteiger partial charge >= 0.3 is 0 Å². The highest BCUT2D eigenvalue weighted by Crippen LogP contribution is 2.15. The van der Waals surface area contributed by atoms with E-state index in [1.807, 2.05) is 35.2 Å². The lowest BCUT2D eigenvalue weighted by Gasteiger charge is -2.32. The van der Waals surface area contributed by atoms with Gasteiger partial charge in [-0.15, -0.1) is 0 Å². The first-order chi connectivity index (χ1) is 11.6. The van der Waals surface area contributed by atoms with E-state index < -0.39 is 0 Å². The molecular formula is C19H26N4O. The number of pyridine rings is 1. The first-order valence-corrected chi connectivity index (χ1v) is 8.72. The maximum atomic E-state index is 12.5. The third kappa shape index (κ3) is 4.03. The van der Waals surface area contributed by atoms with Gasteiger partial charge in [0.2, 0.25) is 0 Å². The van der Waals surface area contributed by atoms with Crippen molar-refractivity contribution in [3.63, 3.8) is 0 Å². The van der Waals surface area contributed by atoms with Crippen molar-refractivity contribution in [1.82, 2.24) is 19.8 Å². The molecular weight excluding hydrogens is 300 g/mol. The summed E-state index contributed by atoms with van der Waals surface area (Å²) in [5.74, 6) is 0.0411. The minimum Gasteiger partial charge on any atom is -0.348 e. The Morgan fingerprint density at radius 2 is 2.08 bits per heavy atom. The van der Waals surface area contributed by atoms with Crippen LogP contribution in [0.4, 0.5) is 0 Å². The topological polar surface area (TPSA) is 50.2 Å². The molecule has 24 heavy (non-hydrogen) atoms. The van der Waals surface area contributed by atoms with E-state index in [9.17, 15) is 4.79 Å². The molecule has 2 aromatic heterocycles. The fraction of sp³-hybridized carbons (Fsp3) is 0.474. The molecule has 0 spiro atoms. The summed E-state index contributed by atoms with van der Waals surface area (Å²) in [6.45, 7) is 7.13. The summed E-state index contributed by atoms with van der Waals surface area (Å²) < 4.78 is 2.02. The molecule has 0 radical (unpaired) electrons. The van der Waals surface area contributed by atoms with Gasteiger partial charge in [-0.05, 0) is 50.5 Å². The van der Waals surface area contributed by atoms with Crippen LogP contribution in [0.1, 0.15) is 48.8 Å². The number of rotatable bonds is 5. The van der Waals surface area contributed by atoms with E-state index in [4.69, 9.17) is 0 Å². The maximum Gasteiger partial charge on any atom is 0.268 e. The number of likely N-dealkylation sites (tertiary alicyclic amines) is 1. The number of nitrogens with zero attached hydrogens (tertiary/aromatic N) is 3. The minimum absolute atomic E-state index is 0.0411. The average Bonchev–Trinajstić information content (AvgIpc) is 3.08. The Balaban J connectivity index is 1.50. The van der Waals surface area contributed by atoms with Crippen LogP contribution in [0.15, 0.2) is 42.9 Å². The highest BCUT2D eigenvalue weighted by atomic mass is 16.2. The number of aromatic nitrogens is 2. The van der Waals surface area contributed by atoms with Gasteiger partial charge in [0, 0.05) is 50.3 Å². The largest absolute Gasteiger partial charge is 0.348 e. The molecule has 1 saturated heterocycles. The van der Waals surface area contributed by atoms with Gasteiger partial charge in [0.1, 0.15) is 5.69 Å². The van der Waals surface area contributed by atoms with Crippen LogP contribution in [-0.4, -0.2) is 39.5 Å². The lowest BCUT2D eigenvalue weighted by molar-refractivity contribution is 0.0898. The molecule has 1 amide bonds. The molecule has 0 atom stereocenters. The van der Waals surface area contributed by atoms with E-state index >= 15 is 0 Å². The monoisotopic (exact) mass is 326 g/mol. The van der Waals surface area contributed by atoms with Crippen molar-refractivity contribution in [2.45, 2.75) is 45.3 Å². The number of carbonyl (C=O) groups is 1. The van der Waals surface area contributed by atoms with Crippen LogP contribution < -0.4 is 5.32 Å². The van der Waals surface area contributed by atoms with Crippen LogP contribution in [0.2, 0.25) is 0 Å². The number of piperidine rings is 1. The van der Waals surface area contributed by atoms with Crippen LogP contribution in [-0.2, 0) is 6.54 Å². The fourth-order valence-electron chi connectivity index (χ4n) is 3.28. The summed E-state index contributed by atoms with van der Waals surface area (Å²) in [4.78, 5) is 19.1. The predicted molar refractivity (Wildman–Crippen MR) is 94.8 cm³/mol. The van der Waals surface area contributed by atoms with Gasteiger partial charge in [-0.1, -0.05) is 6.07 Å². The number of amides is 1. The Kier molecular flexibility index (Phi) is 5.30. The van der Waals surface area contributed by atoms with Gasteiger partial charge in [0.05, 0.1) is 0 Å². The molecule has 0 unspecified atom stereocenters. The van der Waals surface area contributed by atoms with Crippen molar-refractivity contribution in [2.24, 2.45) is 0 Å². The summed E-state index contributed by atoms with van der Waals surface area (Å²) >= 11 is 0. The maximum absolute atomic E-state index is 12.5. The normalized spacial score (nSPS) is 16.5. The molecule has 0 bridgehead atoms. The zero-order chi connectivity index (χ0) is 16.9. The Hall–Kier alpha value is -2.14. The van der Waals surface area contributed by atoms with Gasteiger partial charge in [-0.25, -0.2) is 0 Å². The Morgan fingerprint density at radius 3 is 2.75 bits per heavy atom. The van der Waals surface area contributed by atoms with E-state index in [1.165, 1.54) is 5.56 Å². The van der Waals surface area contributed by atoms with Crippen molar-refractivity contribution in [3.05, 3.63) is 54.1 Å². The van der Waals surface area contributed by atoms with Gasteiger partial charge in [0.25, 0.3) is 5.91 Å². The first kappa shape index (κ1) is 16.7. The molecule has 3 heterocycles. The van der Waals surface area contributed by atoms with E-state index in [2.05, 4.69) is 35.1 Å². The Bertz CT molecular complexity index is 657. The molecule has 0 aromatic carbocycles. The summed E-state index contributed by atoms with van der Waals surface area (Å²) in [5.41, 5.74) is 2.00. The van der Waals surface area contributed by atoms with Crippen molar-refractivity contribution >= 4 is 5.91 Å². The smallest absolute Gasteiger partial charge is 0.268 e. The van der Waals surface area contributed by atoms with Gasteiger partial charge in [-0.2, -0.15) is 0 Å². The second-order valence-corrected chi connectivity index (χ2v) is 6.78. The van der Waals surface area contributed by atoms with Crippen LogP contribution in [0.25, 0.3) is 0 Å². The lowest BCUT2D eigenvalue weighted by atomic mass is 10.0. The second-order valence-electron chi connectivity index (χ2n) is 6.78. The predicted octanol–water partition coefficient (Wildman–Crippen LogP) is 2.86. The van der Waals surface area contributed by atoms with Crippen molar-refractivity contribution in [3.8, 4) is 0 Å². The lowest BCUT2D eigenvalue weighted by Crippen LogP contribution is -2.44. The average molecular weight is 326 g/mol. The van der Waals surface area contributed by atoms with Gasteiger partial charge < -0.3 is 9.88 Å². The summed E-state index contributed by atoms with van der Waals surface area (Å²) in [5, 5.41) is 3.20. The molecule has 0 aliphatic carbocycles. The molecule has 128 valence electrons. The number of hydrogen-bond donors (Lipinski definition) is 1. The van der Waals surface area contributed by atoms with Crippen molar-refractivity contribution in [2.75, 3.05) is 13.1 Å². The minimum atomic E-state index is 0.0411. The van der Waals surface area contributed by atoms with E-state index in [1.54, 1.807) is 6.20 Å². The molecule has 1 aliphatic heterocycles. The van der Waals surface area contributed by atoms with Crippen LogP contribution in [0.5, 0.6) is 0 Å². The molecule has 5 heteroatoms. The molecule has 1 N–H and O–H groups in total. The molecule has 3 rings (SSSR count). The number of hydrogen-bond acceptors (Lipinski definition) is 3. The molecule has 1 fully saturated rings. The zero-order valence-corrected chi connectivity index (χ0v) is 14.5. The molecule has 0 saturated carbocycles. The van der Waals surface area contributed by atoms with Crippen LogP contribution in [0, 0.1) is 0 Å². The van der Waals surface area contributed by atoms with Crippen molar-refractivity contribution in [1.29, 1.82) is 0 Å². The Morgan fingerprint density at radius 1 is 1.29 bits per heavy atom. The fourth-order valence-corrected chi connectivity index (χ4v) is 3.28. The standard InChI is InChI=1S/C19H26N4O/c1-15(2)23-10-4-6-18(23)19(24)21-17-7-11-22(12-8-17)14-16-5-3-9-20-13-16/h3-6,9-10,13,15,17H,7-8,11-12,14H2,1-2H3,(H,21,24). The number of carbonyl (C=O) groups excluding carboxylic acids is 1. The third-order valence-corrected chi connectivity index (χ3v) is 4.62. The summed E-state index contributed by atoms with van der Waals surface area (Å²) in [6, 6.07) is 8.48. The summed E-state index contributed by atoms with van der Waals surface area (Å²) in [7, 11) is 0. The first-order valence-electron chi connectivity index (χ1n) is 8.72. The van der Waals surface area contributed by atoms with Crippen LogP contribution >= 0.6 is 0 Å². The third-order valence-electron chi connectivity index (χ3n) is 4.62. The van der Waals surface area contributed by atoms with Crippen LogP contribution in [0.3, 0.4) is 0 Å². The Labute approximate surface area is 143 Å². The van der Waals surface area contributed by atoms with E-state index in [0.717, 1.165) is 38.2 Å². The molecule has 1 aliphatic rings.